The highest BCUT2D eigenvalue weighted by atomic mass is 16.7. The van der Waals surface area contributed by atoms with E-state index in [9.17, 15) is 9.59 Å². The summed E-state index contributed by atoms with van der Waals surface area (Å²) >= 11 is 0. The van der Waals surface area contributed by atoms with Crippen molar-refractivity contribution in [2.75, 3.05) is 26.9 Å². The molecule has 2 aliphatic rings. The number of nitrogens with one attached hydrogen (secondary N) is 2. The summed E-state index contributed by atoms with van der Waals surface area (Å²) < 4.78 is 22.7. The third-order valence-electron chi connectivity index (χ3n) is 7.46. The highest BCUT2D eigenvalue weighted by molar-refractivity contribution is 6.62. The van der Waals surface area contributed by atoms with Crippen LogP contribution < -0.4 is 10.8 Å². The Morgan fingerprint density at radius 2 is 1.81 bits per heavy atom. The molecule has 2 saturated heterocycles. The van der Waals surface area contributed by atoms with Gasteiger partial charge in [0, 0.05) is 6.54 Å². The fourth-order valence-corrected chi connectivity index (χ4v) is 4.42. The molecule has 37 heavy (non-hydrogen) atoms. The number of amides is 2. The summed E-state index contributed by atoms with van der Waals surface area (Å²) in [6.07, 6.45) is 1.12. The molecule has 10 nitrogen and oxygen atoms in total. The lowest BCUT2D eigenvalue weighted by Crippen LogP contribution is -2.54. The predicted molar refractivity (Wildman–Crippen MR) is 139 cm³/mol. The van der Waals surface area contributed by atoms with Gasteiger partial charge in [-0.3, -0.25) is 4.79 Å². The Hall–Kier alpha value is -2.89. The zero-order valence-corrected chi connectivity index (χ0v) is 22.7. The van der Waals surface area contributed by atoms with Gasteiger partial charge in [-0.05, 0) is 44.6 Å². The van der Waals surface area contributed by atoms with Crippen LogP contribution in [0.5, 0.6) is 0 Å². The molecule has 0 radical (unpaired) electrons. The van der Waals surface area contributed by atoms with E-state index in [0.29, 0.717) is 25.6 Å². The number of alkyl carbamates (subject to hydrolysis) is 1. The van der Waals surface area contributed by atoms with E-state index in [2.05, 4.69) is 15.3 Å². The van der Waals surface area contributed by atoms with Crippen LogP contribution >= 0.6 is 0 Å². The Morgan fingerprint density at radius 3 is 2.41 bits per heavy atom. The lowest BCUT2D eigenvalue weighted by atomic mass is 9.79. The topological polar surface area (TPSA) is 115 Å². The fourth-order valence-electron chi connectivity index (χ4n) is 4.42. The molecular weight excluding hydrogens is 475 g/mol. The monoisotopic (exact) mass is 512 g/mol. The van der Waals surface area contributed by atoms with Crippen LogP contribution in [0.4, 0.5) is 4.79 Å². The lowest BCUT2D eigenvalue weighted by molar-refractivity contribution is -0.143. The zero-order valence-electron chi connectivity index (χ0n) is 22.7. The summed E-state index contributed by atoms with van der Waals surface area (Å²) in [5.41, 5.74) is 1.90. The van der Waals surface area contributed by atoms with Crippen molar-refractivity contribution in [2.45, 2.75) is 64.8 Å². The number of methoxy groups -OCH3 is 1. The Kier molecular flexibility index (Phi) is 7.68. The molecule has 4 rings (SSSR count). The zero-order chi connectivity index (χ0) is 27.0. The quantitative estimate of drug-likeness (QED) is 0.572. The summed E-state index contributed by atoms with van der Waals surface area (Å²) in [4.78, 5) is 34.9. The maximum Gasteiger partial charge on any atom is 0.494 e. The van der Waals surface area contributed by atoms with Gasteiger partial charge in [-0.25, -0.2) is 9.78 Å². The Balaban J connectivity index is 1.51. The second kappa shape index (κ2) is 10.5. The Bertz CT molecular complexity index is 1100. The van der Waals surface area contributed by atoms with Crippen LogP contribution in [0.1, 0.15) is 53.4 Å². The molecule has 2 fully saturated rings. The minimum absolute atomic E-state index is 0.121. The second-order valence-corrected chi connectivity index (χ2v) is 10.9. The molecule has 2 aliphatic heterocycles. The maximum atomic E-state index is 13.4. The van der Waals surface area contributed by atoms with Gasteiger partial charge in [-0.1, -0.05) is 38.1 Å². The molecule has 11 heteroatoms. The van der Waals surface area contributed by atoms with Gasteiger partial charge >= 0.3 is 13.2 Å². The number of benzene rings is 1. The molecule has 2 N–H and O–H groups in total. The van der Waals surface area contributed by atoms with Crippen molar-refractivity contribution in [3.05, 3.63) is 36.3 Å². The van der Waals surface area contributed by atoms with Crippen molar-refractivity contribution in [1.29, 1.82) is 0 Å². The smallest absolute Gasteiger partial charge is 0.453 e. The number of aromatic amines is 1. The van der Waals surface area contributed by atoms with E-state index in [-0.39, 0.29) is 11.8 Å². The Morgan fingerprint density at radius 1 is 1.16 bits per heavy atom. The minimum Gasteiger partial charge on any atom is -0.453 e. The van der Waals surface area contributed by atoms with Gasteiger partial charge in [0.05, 0.1) is 43.4 Å². The number of nitrogens with zero attached hydrogens (tertiary/aromatic N) is 2. The molecule has 0 aliphatic carbocycles. The number of imidazole rings is 1. The van der Waals surface area contributed by atoms with Crippen molar-refractivity contribution in [3.63, 3.8) is 0 Å². The number of aromatic nitrogens is 2. The van der Waals surface area contributed by atoms with Crippen molar-refractivity contribution < 1.29 is 28.4 Å². The van der Waals surface area contributed by atoms with Gasteiger partial charge in [-0.15, -0.1) is 0 Å². The second-order valence-electron chi connectivity index (χ2n) is 10.9. The van der Waals surface area contributed by atoms with Gasteiger partial charge in [0.2, 0.25) is 5.91 Å². The first-order valence-corrected chi connectivity index (χ1v) is 12.7. The molecule has 0 bridgehead atoms. The number of hydrogen-bond acceptors (Lipinski definition) is 7. The van der Waals surface area contributed by atoms with Crippen LogP contribution in [0, 0.1) is 5.92 Å². The average Bonchev–Trinajstić information content (AvgIpc) is 3.44. The van der Waals surface area contributed by atoms with E-state index in [1.165, 1.54) is 7.11 Å². The summed E-state index contributed by atoms with van der Waals surface area (Å²) in [5, 5.41) is 2.66. The first-order chi connectivity index (χ1) is 17.4. The normalized spacial score (nSPS) is 21.7. The molecule has 1 aromatic carbocycles. The van der Waals surface area contributed by atoms with Crippen LogP contribution in [-0.4, -0.2) is 78.1 Å². The standard InChI is InChI=1S/C26H37BN4O6/c1-16(2)21(30-24(33)34-7)23(32)31-12-13-35-15-20(31)22-28-14-19(29-22)17-8-10-18(11-9-17)27-36-25(3,4)26(5,6)37-27/h8-11,14,16,20-21H,12-13,15H2,1-7H3,(H,28,29)(H,30,33)/t20-,21?/m0/s1. The van der Waals surface area contributed by atoms with Crippen LogP contribution in [0.3, 0.4) is 0 Å². The number of carbonyl (C=O) groups excluding carboxylic acids is 2. The van der Waals surface area contributed by atoms with Crippen LogP contribution in [0.25, 0.3) is 11.3 Å². The van der Waals surface area contributed by atoms with Crippen molar-refractivity contribution in [1.82, 2.24) is 20.2 Å². The molecule has 1 unspecified atom stereocenters. The summed E-state index contributed by atoms with van der Waals surface area (Å²) in [7, 11) is 0.851. The first-order valence-electron chi connectivity index (χ1n) is 12.7. The van der Waals surface area contributed by atoms with Crippen molar-refractivity contribution in [3.8, 4) is 11.3 Å². The number of rotatable bonds is 6. The number of H-pyrrole nitrogens is 1. The first kappa shape index (κ1) is 27.2. The van der Waals surface area contributed by atoms with E-state index in [1.807, 2.05) is 65.8 Å². The van der Waals surface area contributed by atoms with Crippen LogP contribution in [0.2, 0.25) is 0 Å². The molecular formula is C26H37BN4O6. The minimum atomic E-state index is -0.718. The number of carbonyl (C=O) groups is 2. The van der Waals surface area contributed by atoms with Crippen molar-refractivity contribution in [2.24, 2.45) is 5.92 Å². The summed E-state index contributed by atoms with van der Waals surface area (Å²) in [6.45, 7) is 13.0. The molecule has 3 heterocycles. The Labute approximate surface area is 218 Å². The van der Waals surface area contributed by atoms with Gasteiger partial charge in [0.1, 0.15) is 17.9 Å². The SMILES string of the molecule is COC(=O)NC(C(=O)N1CCOC[C@H]1c1ncc(-c2ccc(B3OC(C)(C)C(C)(C)O3)cc2)[nH]1)C(C)C. The molecule has 200 valence electrons. The summed E-state index contributed by atoms with van der Waals surface area (Å²) in [5.74, 6) is 0.307. The van der Waals surface area contributed by atoms with E-state index < -0.39 is 36.5 Å². The summed E-state index contributed by atoms with van der Waals surface area (Å²) in [6, 6.07) is 6.84. The maximum absolute atomic E-state index is 13.4. The highest BCUT2D eigenvalue weighted by Crippen LogP contribution is 2.36. The average molecular weight is 512 g/mol. The molecule has 2 atom stereocenters. The van der Waals surface area contributed by atoms with Crippen molar-refractivity contribution >= 4 is 24.6 Å². The van der Waals surface area contributed by atoms with Gasteiger partial charge < -0.3 is 34.0 Å². The number of ether oxygens (including phenoxy) is 2. The number of hydrogen-bond donors (Lipinski definition) is 2. The lowest BCUT2D eigenvalue weighted by Gasteiger charge is -2.37. The molecule has 0 spiro atoms. The highest BCUT2D eigenvalue weighted by Gasteiger charge is 2.51. The van der Waals surface area contributed by atoms with Gasteiger partial charge in [0.15, 0.2) is 0 Å². The number of morpholine rings is 1. The van der Waals surface area contributed by atoms with Crippen LogP contribution in [-0.2, 0) is 23.6 Å². The van der Waals surface area contributed by atoms with E-state index in [4.69, 9.17) is 18.8 Å². The van der Waals surface area contributed by atoms with Gasteiger partial charge in [0.25, 0.3) is 0 Å². The van der Waals surface area contributed by atoms with Gasteiger partial charge in [-0.2, -0.15) is 0 Å². The molecule has 2 aromatic rings. The third kappa shape index (κ3) is 5.53. The molecule has 0 saturated carbocycles. The molecule has 2 amide bonds. The fraction of sp³-hybridized carbons (Fsp3) is 0.577. The third-order valence-corrected chi connectivity index (χ3v) is 7.46. The predicted octanol–water partition coefficient (Wildman–Crippen LogP) is 2.66. The van der Waals surface area contributed by atoms with E-state index in [0.717, 1.165) is 16.7 Å². The van der Waals surface area contributed by atoms with E-state index in [1.54, 1.807) is 11.1 Å². The largest absolute Gasteiger partial charge is 0.494 e. The van der Waals surface area contributed by atoms with E-state index >= 15 is 0 Å². The van der Waals surface area contributed by atoms with Crippen LogP contribution in [0.15, 0.2) is 30.5 Å². The molecule has 1 aromatic heterocycles.